The summed E-state index contributed by atoms with van der Waals surface area (Å²) in [6.07, 6.45) is 7.49. The molecule has 0 spiro atoms. The van der Waals surface area contributed by atoms with Gasteiger partial charge in [0.05, 0.1) is 18.6 Å². The molecular weight excluding hydrogens is 312 g/mol. The van der Waals surface area contributed by atoms with Crippen LogP contribution in [-0.4, -0.2) is 32.2 Å². The summed E-state index contributed by atoms with van der Waals surface area (Å²) in [6.45, 7) is 3.48. The van der Waals surface area contributed by atoms with Gasteiger partial charge in [-0.3, -0.25) is 4.79 Å². The molecule has 4 aliphatic carbocycles. The van der Waals surface area contributed by atoms with E-state index in [2.05, 4.69) is 34.5 Å². The van der Waals surface area contributed by atoms with Crippen LogP contribution in [0.1, 0.15) is 38.5 Å². The third kappa shape index (κ3) is 2.84. The SMILES string of the molecule is O=C(Nc1ccc(N2CCOCC2)cc1)C12CC3CC(CC(C3)C1)C2. The summed E-state index contributed by atoms with van der Waals surface area (Å²) < 4.78 is 5.42. The van der Waals surface area contributed by atoms with Crippen molar-refractivity contribution in [2.75, 3.05) is 36.5 Å². The molecule has 134 valence electrons. The standard InChI is InChI=1S/C21H28N2O2/c24-20(21-12-15-9-16(13-21)11-17(10-15)14-21)22-18-1-3-19(4-2-18)23-5-7-25-8-6-23/h1-4,15-17H,5-14H2,(H,22,24). The number of rotatable bonds is 3. The second-order valence-electron chi connectivity index (χ2n) is 8.80. The number of carbonyl (C=O) groups is 1. The molecule has 4 nitrogen and oxygen atoms in total. The molecule has 5 fully saturated rings. The van der Waals surface area contributed by atoms with Crippen molar-refractivity contribution in [1.29, 1.82) is 0 Å². The Hall–Kier alpha value is -1.55. The monoisotopic (exact) mass is 340 g/mol. The van der Waals surface area contributed by atoms with Gasteiger partial charge in [-0.2, -0.15) is 0 Å². The number of nitrogens with one attached hydrogen (secondary N) is 1. The summed E-state index contributed by atoms with van der Waals surface area (Å²) in [5, 5.41) is 3.25. The number of benzene rings is 1. The van der Waals surface area contributed by atoms with E-state index in [-0.39, 0.29) is 11.3 Å². The van der Waals surface area contributed by atoms with E-state index in [4.69, 9.17) is 4.74 Å². The fourth-order valence-electron chi connectivity index (χ4n) is 6.23. The zero-order valence-electron chi connectivity index (χ0n) is 14.9. The topological polar surface area (TPSA) is 41.6 Å². The molecule has 25 heavy (non-hydrogen) atoms. The van der Waals surface area contributed by atoms with Gasteiger partial charge in [-0.25, -0.2) is 0 Å². The fraction of sp³-hybridized carbons (Fsp3) is 0.667. The molecule has 5 aliphatic rings. The van der Waals surface area contributed by atoms with Gasteiger partial charge >= 0.3 is 0 Å². The zero-order chi connectivity index (χ0) is 16.9. The van der Waals surface area contributed by atoms with Gasteiger partial charge in [0, 0.05) is 24.5 Å². The molecule has 4 heteroatoms. The summed E-state index contributed by atoms with van der Waals surface area (Å²) in [6, 6.07) is 8.37. The third-order valence-corrected chi connectivity index (χ3v) is 7.02. The van der Waals surface area contributed by atoms with Crippen LogP contribution in [-0.2, 0) is 9.53 Å². The Bertz CT molecular complexity index is 613. The molecule has 1 aliphatic heterocycles. The van der Waals surface area contributed by atoms with Crippen LogP contribution in [0.3, 0.4) is 0 Å². The van der Waals surface area contributed by atoms with E-state index in [1.807, 2.05) is 0 Å². The van der Waals surface area contributed by atoms with E-state index in [0.29, 0.717) is 0 Å². The molecule has 1 N–H and O–H groups in total. The molecule has 6 rings (SSSR count). The van der Waals surface area contributed by atoms with Crippen LogP contribution in [0.25, 0.3) is 0 Å². The first-order valence-electron chi connectivity index (χ1n) is 9.94. The average molecular weight is 340 g/mol. The summed E-state index contributed by atoms with van der Waals surface area (Å²) in [5.74, 6) is 2.70. The van der Waals surface area contributed by atoms with Crippen LogP contribution >= 0.6 is 0 Å². The largest absolute Gasteiger partial charge is 0.378 e. The Morgan fingerprint density at radius 3 is 2.08 bits per heavy atom. The molecule has 0 aromatic heterocycles. The number of hydrogen-bond acceptors (Lipinski definition) is 3. The van der Waals surface area contributed by atoms with E-state index < -0.39 is 0 Å². The Morgan fingerprint density at radius 1 is 0.960 bits per heavy atom. The van der Waals surface area contributed by atoms with Gasteiger partial charge in [-0.05, 0) is 80.5 Å². The highest BCUT2D eigenvalue weighted by molar-refractivity contribution is 5.95. The van der Waals surface area contributed by atoms with Crippen LogP contribution in [0.4, 0.5) is 11.4 Å². The predicted molar refractivity (Wildman–Crippen MR) is 98.7 cm³/mol. The Labute approximate surface area is 149 Å². The first kappa shape index (κ1) is 15.7. The summed E-state index contributed by atoms with van der Waals surface area (Å²) >= 11 is 0. The molecule has 1 saturated heterocycles. The van der Waals surface area contributed by atoms with Crippen molar-refractivity contribution in [1.82, 2.24) is 0 Å². The lowest BCUT2D eigenvalue weighted by molar-refractivity contribution is -0.140. The third-order valence-electron chi connectivity index (χ3n) is 7.02. The van der Waals surface area contributed by atoms with Crippen LogP contribution in [0.15, 0.2) is 24.3 Å². The van der Waals surface area contributed by atoms with Gasteiger partial charge in [0.15, 0.2) is 0 Å². The number of nitrogens with zero attached hydrogens (tertiary/aromatic N) is 1. The van der Waals surface area contributed by atoms with Crippen LogP contribution in [0.2, 0.25) is 0 Å². The van der Waals surface area contributed by atoms with Gasteiger partial charge in [0.25, 0.3) is 0 Å². The van der Waals surface area contributed by atoms with Crippen molar-refractivity contribution in [3.8, 4) is 0 Å². The van der Waals surface area contributed by atoms with Gasteiger partial charge in [0.1, 0.15) is 0 Å². The lowest BCUT2D eigenvalue weighted by atomic mass is 9.49. The van der Waals surface area contributed by atoms with Crippen LogP contribution in [0.5, 0.6) is 0 Å². The number of ether oxygens (including phenoxy) is 1. The van der Waals surface area contributed by atoms with E-state index in [0.717, 1.165) is 69.0 Å². The van der Waals surface area contributed by atoms with Gasteiger partial charge < -0.3 is 15.0 Å². The maximum atomic E-state index is 13.1. The minimum absolute atomic E-state index is 0.0718. The maximum Gasteiger partial charge on any atom is 0.230 e. The first-order valence-corrected chi connectivity index (χ1v) is 9.94. The van der Waals surface area contributed by atoms with Crippen molar-refractivity contribution in [3.05, 3.63) is 24.3 Å². The van der Waals surface area contributed by atoms with Gasteiger partial charge in [-0.15, -0.1) is 0 Å². The molecule has 0 atom stereocenters. The van der Waals surface area contributed by atoms with E-state index in [1.165, 1.54) is 24.9 Å². The van der Waals surface area contributed by atoms with Crippen molar-refractivity contribution in [2.24, 2.45) is 23.2 Å². The van der Waals surface area contributed by atoms with Gasteiger partial charge in [0.2, 0.25) is 5.91 Å². The number of hydrogen-bond donors (Lipinski definition) is 1. The first-order chi connectivity index (χ1) is 12.2. The number of anilines is 2. The fourth-order valence-corrected chi connectivity index (χ4v) is 6.23. The lowest BCUT2D eigenvalue weighted by Crippen LogP contribution is -2.51. The van der Waals surface area contributed by atoms with E-state index in [1.54, 1.807) is 0 Å². The van der Waals surface area contributed by atoms with Crippen molar-refractivity contribution < 1.29 is 9.53 Å². The number of amides is 1. The number of carbonyl (C=O) groups excluding carboxylic acids is 1. The summed E-state index contributed by atoms with van der Waals surface area (Å²) in [5.41, 5.74) is 2.09. The smallest absolute Gasteiger partial charge is 0.230 e. The minimum atomic E-state index is -0.0718. The second-order valence-corrected chi connectivity index (χ2v) is 8.80. The zero-order valence-corrected chi connectivity index (χ0v) is 14.9. The lowest BCUT2D eigenvalue weighted by Gasteiger charge is -2.55. The molecule has 1 amide bonds. The Morgan fingerprint density at radius 2 is 1.52 bits per heavy atom. The normalized spacial score (nSPS) is 36.5. The second kappa shape index (κ2) is 6.01. The predicted octanol–water partition coefficient (Wildman–Crippen LogP) is 3.68. The molecular formula is C21H28N2O2. The van der Waals surface area contributed by atoms with Crippen LogP contribution in [0, 0.1) is 23.2 Å². The minimum Gasteiger partial charge on any atom is -0.378 e. The van der Waals surface area contributed by atoms with E-state index in [9.17, 15) is 4.79 Å². The highest BCUT2D eigenvalue weighted by atomic mass is 16.5. The Kier molecular flexibility index (Phi) is 3.77. The van der Waals surface area contributed by atoms with Crippen molar-refractivity contribution >= 4 is 17.3 Å². The molecule has 0 unspecified atom stereocenters. The quantitative estimate of drug-likeness (QED) is 0.913. The van der Waals surface area contributed by atoms with Crippen LogP contribution < -0.4 is 10.2 Å². The average Bonchev–Trinajstić information content (AvgIpc) is 2.62. The Balaban J connectivity index is 1.28. The molecule has 1 aromatic carbocycles. The molecule has 1 aromatic rings. The molecule has 1 heterocycles. The maximum absolute atomic E-state index is 13.1. The highest BCUT2D eigenvalue weighted by Crippen LogP contribution is 2.60. The van der Waals surface area contributed by atoms with Gasteiger partial charge in [-0.1, -0.05) is 0 Å². The number of morpholine rings is 1. The molecule has 0 radical (unpaired) electrons. The summed E-state index contributed by atoms with van der Waals surface area (Å²) in [4.78, 5) is 15.5. The van der Waals surface area contributed by atoms with Crippen molar-refractivity contribution in [2.45, 2.75) is 38.5 Å². The summed E-state index contributed by atoms with van der Waals surface area (Å²) in [7, 11) is 0. The van der Waals surface area contributed by atoms with E-state index >= 15 is 0 Å². The molecule has 4 saturated carbocycles. The molecule has 4 bridgehead atoms. The van der Waals surface area contributed by atoms with Crippen molar-refractivity contribution in [3.63, 3.8) is 0 Å². The highest BCUT2D eigenvalue weighted by Gasteiger charge is 2.54.